The van der Waals surface area contributed by atoms with Gasteiger partial charge in [0, 0.05) is 23.3 Å². The van der Waals surface area contributed by atoms with Gasteiger partial charge in [0.25, 0.3) is 5.06 Å². The molecule has 0 aliphatic carbocycles. The standard InChI is InChI=1S/C15H23N5O4S/c1-25(21,22)15(19-18-12-24-15)13-6-8-14(9-7-13)23-11-5-3-2-4-10-17-20-16/h6-9,18-19H,2-5,10-12H2,1H3. The Morgan fingerprint density at radius 1 is 1.28 bits per heavy atom. The van der Waals surface area contributed by atoms with Gasteiger partial charge in [-0.1, -0.05) is 18.0 Å². The molecule has 0 bridgehead atoms. The van der Waals surface area contributed by atoms with Crippen molar-refractivity contribution >= 4 is 9.84 Å². The molecule has 1 aromatic rings. The molecule has 1 aliphatic heterocycles. The van der Waals surface area contributed by atoms with Crippen molar-refractivity contribution in [1.29, 1.82) is 0 Å². The fourth-order valence-electron chi connectivity index (χ4n) is 2.54. The van der Waals surface area contributed by atoms with Crippen LogP contribution in [0.25, 0.3) is 10.4 Å². The SMILES string of the molecule is CS(=O)(=O)C1(c2ccc(OCCCCCCN=[N+]=[N-])cc2)NNCO1. The molecular weight excluding hydrogens is 346 g/mol. The normalized spacial score (nSPS) is 20.2. The van der Waals surface area contributed by atoms with E-state index >= 15 is 0 Å². The van der Waals surface area contributed by atoms with Crippen LogP contribution in [-0.2, 0) is 19.6 Å². The van der Waals surface area contributed by atoms with Crippen LogP contribution in [-0.4, -0.2) is 34.6 Å². The summed E-state index contributed by atoms with van der Waals surface area (Å²) < 4.78 is 35.3. The summed E-state index contributed by atoms with van der Waals surface area (Å²) in [6.07, 6.45) is 4.90. The zero-order valence-electron chi connectivity index (χ0n) is 14.1. The highest BCUT2D eigenvalue weighted by Crippen LogP contribution is 2.31. The smallest absolute Gasteiger partial charge is 0.263 e. The van der Waals surface area contributed by atoms with Gasteiger partial charge in [0.1, 0.15) is 12.5 Å². The van der Waals surface area contributed by atoms with Crippen molar-refractivity contribution in [3.63, 3.8) is 0 Å². The number of rotatable bonds is 10. The summed E-state index contributed by atoms with van der Waals surface area (Å²) in [7, 11) is -3.53. The third-order valence-electron chi connectivity index (χ3n) is 3.84. The van der Waals surface area contributed by atoms with E-state index in [-0.39, 0.29) is 6.73 Å². The van der Waals surface area contributed by atoms with Crippen molar-refractivity contribution in [1.82, 2.24) is 10.9 Å². The molecule has 0 amide bonds. The maximum Gasteiger partial charge on any atom is 0.263 e. The second-order valence-electron chi connectivity index (χ2n) is 5.72. The van der Waals surface area contributed by atoms with Gasteiger partial charge in [-0.25, -0.2) is 19.3 Å². The Hall–Kier alpha value is -1.84. The highest BCUT2D eigenvalue weighted by atomic mass is 32.2. The lowest BCUT2D eigenvalue weighted by Gasteiger charge is -2.25. The van der Waals surface area contributed by atoms with Crippen molar-refractivity contribution < 1.29 is 17.9 Å². The Bertz CT molecular complexity index is 695. The number of nitrogens with zero attached hydrogens (tertiary/aromatic N) is 3. The molecule has 2 N–H and O–H groups in total. The van der Waals surface area contributed by atoms with Gasteiger partial charge < -0.3 is 9.47 Å². The van der Waals surface area contributed by atoms with Crippen LogP contribution in [0.1, 0.15) is 31.2 Å². The largest absolute Gasteiger partial charge is 0.494 e. The zero-order chi connectivity index (χ0) is 18.2. The molecule has 10 heteroatoms. The third kappa shape index (κ3) is 5.07. The van der Waals surface area contributed by atoms with E-state index in [0.29, 0.717) is 24.5 Å². The maximum absolute atomic E-state index is 12.1. The highest BCUT2D eigenvalue weighted by Gasteiger charge is 2.47. The zero-order valence-corrected chi connectivity index (χ0v) is 15.0. The summed E-state index contributed by atoms with van der Waals surface area (Å²) in [4.78, 5) is 2.71. The van der Waals surface area contributed by atoms with Gasteiger partial charge in [0.2, 0.25) is 0 Å². The van der Waals surface area contributed by atoms with Crippen molar-refractivity contribution in [3.05, 3.63) is 40.3 Å². The molecule has 0 spiro atoms. The molecule has 1 unspecified atom stereocenters. The van der Waals surface area contributed by atoms with Crippen LogP contribution in [0.2, 0.25) is 0 Å². The molecule has 9 nitrogen and oxygen atoms in total. The fourth-order valence-corrected chi connectivity index (χ4v) is 3.63. The molecule has 138 valence electrons. The Balaban J connectivity index is 1.83. The first-order valence-corrected chi connectivity index (χ1v) is 9.96. The number of ether oxygens (including phenoxy) is 2. The van der Waals surface area contributed by atoms with E-state index in [9.17, 15) is 8.42 Å². The number of benzene rings is 1. The van der Waals surface area contributed by atoms with Gasteiger partial charge in [-0.2, -0.15) is 0 Å². The molecule has 1 heterocycles. The number of hydrogen-bond donors (Lipinski definition) is 2. The van der Waals surface area contributed by atoms with Crippen LogP contribution in [0, 0.1) is 0 Å². The molecule has 25 heavy (non-hydrogen) atoms. The van der Waals surface area contributed by atoms with Crippen molar-refractivity contribution in [2.45, 2.75) is 30.7 Å². The van der Waals surface area contributed by atoms with E-state index < -0.39 is 14.9 Å². The van der Waals surface area contributed by atoms with Crippen molar-refractivity contribution in [3.8, 4) is 5.75 Å². The van der Waals surface area contributed by atoms with E-state index in [1.54, 1.807) is 24.3 Å². The van der Waals surface area contributed by atoms with Gasteiger partial charge in [0.05, 0.1) is 6.61 Å². The monoisotopic (exact) mass is 369 g/mol. The Labute approximate surface area is 147 Å². The van der Waals surface area contributed by atoms with Crippen LogP contribution in [0.4, 0.5) is 0 Å². The van der Waals surface area contributed by atoms with Gasteiger partial charge in [-0.05, 0) is 42.6 Å². The number of nitrogens with one attached hydrogen (secondary N) is 2. The van der Waals surface area contributed by atoms with Gasteiger partial charge in [-0.15, -0.1) is 0 Å². The minimum atomic E-state index is -3.53. The predicted molar refractivity (Wildman–Crippen MR) is 93.2 cm³/mol. The summed E-state index contributed by atoms with van der Waals surface area (Å²) in [6, 6.07) is 6.81. The molecule has 1 atom stereocenters. The van der Waals surface area contributed by atoms with E-state index in [0.717, 1.165) is 31.9 Å². The van der Waals surface area contributed by atoms with Gasteiger partial charge in [0.15, 0.2) is 9.84 Å². The third-order valence-corrected chi connectivity index (χ3v) is 5.34. The van der Waals surface area contributed by atoms with E-state index in [1.165, 1.54) is 0 Å². The summed E-state index contributed by atoms with van der Waals surface area (Å²) in [6.45, 7) is 1.21. The molecule has 2 rings (SSSR count). The van der Waals surface area contributed by atoms with Crippen molar-refractivity contribution in [2.24, 2.45) is 5.11 Å². The fraction of sp³-hybridized carbons (Fsp3) is 0.600. The van der Waals surface area contributed by atoms with E-state index in [1.807, 2.05) is 0 Å². The number of sulfone groups is 1. The van der Waals surface area contributed by atoms with Crippen LogP contribution >= 0.6 is 0 Å². The summed E-state index contributed by atoms with van der Waals surface area (Å²) in [5.41, 5.74) is 14.0. The first-order chi connectivity index (χ1) is 12.0. The second-order valence-corrected chi connectivity index (χ2v) is 7.84. The Kier molecular flexibility index (Phi) is 7.03. The van der Waals surface area contributed by atoms with Crippen LogP contribution in [0.5, 0.6) is 5.75 Å². The minimum absolute atomic E-state index is 0.102. The molecule has 1 fully saturated rings. The quantitative estimate of drug-likeness (QED) is 0.282. The molecule has 1 aromatic carbocycles. The van der Waals surface area contributed by atoms with Crippen LogP contribution in [0.15, 0.2) is 29.4 Å². The predicted octanol–water partition coefficient (Wildman–Crippen LogP) is 2.17. The van der Waals surface area contributed by atoms with E-state index in [2.05, 4.69) is 20.9 Å². The molecular formula is C15H23N5O4S. The number of hydrazine groups is 1. The van der Waals surface area contributed by atoms with Crippen LogP contribution < -0.4 is 15.6 Å². The lowest BCUT2D eigenvalue weighted by molar-refractivity contribution is 0.0588. The van der Waals surface area contributed by atoms with Crippen LogP contribution in [0.3, 0.4) is 0 Å². The summed E-state index contributed by atoms with van der Waals surface area (Å²) in [5.74, 6) is 0.674. The lowest BCUT2D eigenvalue weighted by Crippen LogP contribution is -2.48. The molecule has 0 radical (unpaired) electrons. The number of azide groups is 1. The van der Waals surface area contributed by atoms with Crippen molar-refractivity contribution in [2.75, 3.05) is 26.1 Å². The Morgan fingerprint density at radius 3 is 2.60 bits per heavy atom. The first kappa shape index (κ1) is 19.5. The summed E-state index contributed by atoms with van der Waals surface area (Å²) >= 11 is 0. The molecule has 0 saturated carbocycles. The number of unbranched alkanes of at least 4 members (excludes halogenated alkanes) is 3. The second kappa shape index (κ2) is 9.02. The summed E-state index contributed by atoms with van der Waals surface area (Å²) in [5, 5.41) is 1.92. The maximum atomic E-state index is 12.1. The topological polar surface area (TPSA) is 125 Å². The number of hydrogen-bond acceptors (Lipinski definition) is 7. The van der Waals surface area contributed by atoms with Gasteiger partial charge >= 0.3 is 0 Å². The van der Waals surface area contributed by atoms with Gasteiger partial charge in [-0.3, -0.25) is 0 Å². The van der Waals surface area contributed by atoms with E-state index in [4.69, 9.17) is 15.0 Å². The molecule has 0 aromatic heterocycles. The Morgan fingerprint density at radius 2 is 2.00 bits per heavy atom. The molecule has 1 saturated heterocycles. The molecule has 1 aliphatic rings. The highest BCUT2D eigenvalue weighted by molar-refractivity contribution is 7.91. The average Bonchev–Trinajstić information content (AvgIpc) is 3.09. The minimum Gasteiger partial charge on any atom is -0.494 e. The first-order valence-electron chi connectivity index (χ1n) is 8.07. The lowest BCUT2D eigenvalue weighted by atomic mass is 10.2. The average molecular weight is 369 g/mol.